The largest absolute Gasteiger partial charge is 0.491 e. The zero-order valence-electron chi connectivity index (χ0n) is 13.0. The zero-order chi connectivity index (χ0) is 15.2. The monoisotopic (exact) mass is 293 g/mol. The van der Waals surface area contributed by atoms with Gasteiger partial charge >= 0.3 is 0 Å². The molecule has 118 valence electrons. The SMILES string of the molecule is CN1CCCC(N(C)CC(O)COc2cccc(N)c2)C1. The van der Waals surface area contributed by atoms with Crippen molar-refractivity contribution in [3.05, 3.63) is 24.3 Å². The summed E-state index contributed by atoms with van der Waals surface area (Å²) in [6.07, 6.45) is 1.93. The van der Waals surface area contributed by atoms with Gasteiger partial charge in [-0.25, -0.2) is 0 Å². The molecular weight excluding hydrogens is 266 g/mol. The number of rotatable bonds is 6. The van der Waals surface area contributed by atoms with Crippen molar-refractivity contribution in [3.63, 3.8) is 0 Å². The first-order valence-electron chi connectivity index (χ1n) is 7.60. The van der Waals surface area contributed by atoms with Crippen LogP contribution in [0.2, 0.25) is 0 Å². The van der Waals surface area contributed by atoms with Gasteiger partial charge in [-0.1, -0.05) is 6.07 Å². The molecule has 1 heterocycles. The maximum atomic E-state index is 10.1. The molecule has 1 aliphatic rings. The van der Waals surface area contributed by atoms with Gasteiger partial charge in [0.2, 0.25) is 0 Å². The molecule has 1 saturated heterocycles. The third-order valence-electron chi connectivity index (χ3n) is 4.02. The van der Waals surface area contributed by atoms with Crippen LogP contribution in [0.15, 0.2) is 24.3 Å². The van der Waals surface area contributed by atoms with Gasteiger partial charge in [-0.05, 0) is 45.6 Å². The van der Waals surface area contributed by atoms with E-state index in [1.54, 1.807) is 6.07 Å². The topological polar surface area (TPSA) is 62.0 Å². The van der Waals surface area contributed by atoms with Crippen LogP contribution < -0.4 is 10.5 Å². The third kappa shape index (κ3) is 5.19. The average Bonchev–Trinajstić information content (AvgIpc) is 2.45. The Hall–Kier alpha value is -1.30. The van der Waals surface area contributed by atoms with Crippen molar-refractivity contribution in [2.24, 2.45) is 0 Å². The first-order chi connectivity index (χ1) is 10.0. The summed E-state index contributed by atoms with van der Waals surface area (Å²) >= 11 is 0. The van der Waals surface area contributed by atoms with E-state index in [0.717, 1.165) is 6.54 Å². The van der Waals surface area contributed by atoms with E-state index in [1.807, 2.05) is 18.2 Å². The lowest BCUT2D eigenvalue weighted by atomic mass is 10.0. The lowest BCUT2D eigenvalue weighted by molar-refractivity contribution is 0.0472. The van der Waals surface area contributed by atoms with Gasteiger partial charge in [0.15, 0.2) is 0 Å². The summed E-state index contributed by atoms with van der Waals surface area (Å²) in [6.45, 7) is 3.15. The summed E-state index contributed by atoms with van der Waals surface area (Å²) in [7, 11) is 4.23. The molecule has 1 aromatic carbocycles. The standard InChI is InChI=1S/C16H27N3O2/c1-18-8-4-6-14(10-18)19(2)11-15(20)12-21-16-7-3-5-13(17)9-16/h3,5,7,9,14-15,20H,4,6,8,10-12,17H2,1-2H3. The van der Waals surface area contributed by atoms with E-state index in [4.69, 9.17) is 10.5 Å². The van der Waals surface area contributed by atoms with Gasteiger partial charge in [-0.2, -0.15) is 0 Å². The Bertz CT molecular complexity index is 441. The minimum Gasteiger partial charge on any atom is -0.491 e. The van der Waals surface area contributed by atoms with Gasteiger partial charge in [0, 0.05) is 30.9 Å². The average molecular weight is 293 g/mol. The summed E-state index contributed by atoms with van der Waals surface area (Å²) in [6, 6.07) is 7.80. The molecule has 2 atom stereocenters. The van der Waals surface area contributed by atoms with Crippen LogP contribution in [-0.4, -0.2) is 67.4 Å². The molecule has 0 saturated carbocycles. The first-order valence-corrected chi connectivity index (χ1v) is 7.60. The zero-order valence-corrected chi connectivity index (χ0v) is 13.0. The molecule has 5 nitrogen and oxygen atoms in total. The van der Waals surface area contributed by atoms with Gasteiger partial charge in [-0.3, -0.25) is 4.90 Å². The van der Waals surface area contributed by atoms with Crippen molar-refractivity contribution >= 4 is 5.69 Å². The lowest BCUT2D eigenvalue weighted by Crippen LogP contribution is -2.47. The number of benzene rings is 1. The van der Waals surface area contributed by atoms with Gasteiger partial charge in [0.05, 0.1) is 0 Å². The van der Waals surface area contributed by atoms with Crippen molar-refractivity contribution in [3.8, 4) is 5.75 Å². The second-order valence-corrected chi connectivity index (χ2v) is 6.04. The van der Waals surface area contributed by atoms with E-state index in [2.05, 4.69) is 23.9 Å². The van der Waals surface area contributed by atoms with Crippen LogP contribution in [0.4, 0.5) is 5.69 Å². The van der Waals surface area contributed by atoms with Crippen LogP contribution in [0.5, 0.6) is 5.75 Å². The molecule has 2 rings (SSSR count). The van der Waals surface area contributed by atoms with Crippen LogP contribution in [-0.2, 0) is 0 Å². The Labute approximate surface area is 127 Å². The van der Waals surface area contributed by atoms with E-state index in [0.29, 0.717) is 24.0 Å². The molecular formula is C16H27N3O2. The summed E-state index contributed by atoms with van der Waals surface area (Å²) in [5.74, 6) is 0.703. The van der Waals surface area contributed by atoms with Gasteiger partial charge in [-0.15, -0.1) is 0 Å². The summed E-state index contributed by atoms with van der Waals surface area (Å²) < 4.78 is 5.59. The Morgan fingerprint density at radius 3 is 3.05 bits per heavy atom. The number of anilines is 1. The molecule has 2 unspecified atom stereocenters. The molecule has 5 heteroatoms. The van der Waals surface area contributed by atoms with Crippen LogP contribution in [0.25, 0.3) is 0 Å². The Balaban J connectivity index is 1.74. The second-order valence-electron chi connectivity index (χ2n) is 6.04. The quantitative estimate of drug-likeness (QED) is 0.767. The van der Waals surface area contributed by atoms with E-state index in [1.165, 1.54) is 19.4 Å². The minimum absolute atomic E-state index is 0.288. The molecule has 1 aliphatic heterocycles. The second kappa shape index (κ2) is 7.64. The molecule has 0 radical (unpaired) electrons. The summed E-state index contributed by atoms with van der Waals surface area (Å²) in [5.41, 5.74) is 6.37. The summed E-state index contributed by atoms with van der Waals surface area (Å²) in [4.78, 5) is 4.59. The van der Waals surface area contributed by atoms with E-state index in [-0.39, 0.29) is 6.61 Å². The number of aliphatic hydroxyl groups excluding tert-OH is 1. The van der Waals surface area contributed by atoms with Gasteiger partial charge in [0.25, 0.3) is 0 Å². The number of nitrogens with zero attached hydrogens (tertiary/aromatic N) is 2. The Kier molecular flexibility index (Phi) is 5.85. The molecule has 0 spiro atoms. The predicted molar refractivity (Wildman–Crippen MR) is 85.5 cm³/mol. The minimum atomic E-state index is -0.497. The number of nitrogens with two attached hydrogens (primary N) is 1. The molecule has 1 aromatic rings. The van der Waals surface area contributed by atoms with Crippen LogP contribution in [0, 0.1) is 0 Å². The Morgan fingerprint density at radius 1 is 1.52 bits per heavy atom. The number of piperidine rings is 1. The molecule has 1 fully saturated rings. The number of ether oxygens (including phenoxy) is 1. The fourth-order valence-electron chi connectivity index (χ4n) is 2.83. The Morgan fingerprint density at radius 2 is 2.33 bits per heavy atom. The molecule has 0 aromatic heterocycles. The number of likely N-dealkylation sites (N-methyl/N-ethyl adjacent to an activating group) is 2. The number of hydrogen-bond acceptors (Lipinski definition) is 5. The summed E-state index contributed by atoms with van der Waals surface area (Å²) in [5, 5.41) is 10.1. The first kappa shape index (κ1) is 16.1. The predicted octanol–water partition coefficient (Wildman–Crippen LogP) is 1.03. The van der Waals surface area contributed by atoms with E-state index in [9.17, 15) is 5.11 Å². The van der Waals surface area contributed by atoms with E-state index < -0.39 is 6.10 Å². The van der Waals surface area contributed by atoms with Crippen molar-refractivity contribution in [1.82, 2.24) is 9.80 Å². The molecule has 21 heavy (non-hydrogen) atoms. The molecule has 0 amide bonds. The molecule has 3 N–H and O–H groups in total. The number of likely N-dealkylation sites (tertiary alicyclic amines) is 1. The number of aliphatic hydroxyl groups is 1. The van der Waals surface area contributed by atoms with Crippen molar-refractivity contribution < 1.29 is 9.84 Å². The third-order valence-corrected chi connectivity index (χ3v) is 4.02. The number of nitrogen functional groups attached to an aromatic ring is 1. The highest BCUT2D eigenvalue weighted by molar-refractivity contribution is 5.43. The highest BCUT2D eigenvalue weighted by atomic mass is 16.5. The van der Waals surface area contributed by atoms with Crippen LogP contribution in [0.1, 0.15) is 12.8 Å². The van der Waals surface area contributed by atoms with Crippen molar-refractivity contribution in [2.75, 3.05) is 46.1 Å². The molecule has 0 aliphatic carbocycles. The van der Waals surface area contributed by atoms with Gasteiger partial charge in [0.1, 0.15) is 18.5 Å². The smallest absolute Gasteiger partial charge is 0.121 e. The van der Waals surface area contributed by atoms with Crippen LogP contribution in [0.3, 0.4) is 0 Å². The lowest BCUT2D eigenvalue weighted by Gasteiger charge is -2.36. The normalized spacial score (nSPS) is 21.4. The van der Waals surface area contributed by atoms with Gasteiger partial charge < -0.3 is 20.5 Å². The highest BCUT2D eigenvalue weighted by Crippen LogP contribution is 2.16. The highest BCUT2D eigenvalue weighted by Gasteiger charge is 2.22. The molecule has 0 bridgehead atoms. The van der Waals surface area contributed by atoms with Crippen LogP contribution >= 0.6 is 0 Å². The fourth-order valence-corrected chi connectivity index (χ4v) is 2.83. The van der Waals surface area contributed by atoms with Crippen molar-refractivity contribution in [1.29, 1.82) is 0 Å². The number of hydrogen-bond donors (Lipinski definition) is 2. The van der Waals surface area contributed by atoms with E-state index >= 15 is 0 Å². The maximum Gasteiger partial charge on any atom is 0.121 e. The fraction of sp³-hybridized carbons (Fsp3) is 0.625. The maximum absolute atomic E-state index is 10.1. The van der Waals surface area contributed by atoms with Crippen molar-refractivity contribution in [2.45, 2.75) is 25.0 Å².